The maximum absolute atomic E-state index is 12.2. The molecule has 24 heavy (non-hydrogen) atoms. The van der Waals surface area contributed by atoms with E-state index in [1.165, 1.54) is 0 Å². The van der Waals surface area contributed by atoms with Crippen molar-refractivity contribution in [2.45, 2.75) is 20.4 Å². The van der Waals surface area contributed by atoms with Crippen molar-refractivity contribution in [1.29, 1.82) is 0 Å². The van der Waals surface area contributed by atoms with E-state index in [0.717, 1.165) is 5.56 Å². The summed E-state index contributed by atoms with van der Waals surface area (Å²) in [5.74, 6) is 1.09. The Kier molecular flexibility index (Phi) is 6.76. The van der Waals surface area contributed by atoms with E-state index in [2.05, 4.69) is 5.32 Å². The van der Waals surface area contributed by atoms with E-state index >= 15 is 0 Å². The van der Waals surface area contributed by atoms with Crippen LogP contribution in [0.25, 0.3) is 0 Å². The molecule has 0 aliphatic rings. The normalized spacial score (nSPS) is 10.3. The van der Waals surface area contributed by atoms with Crippen LogP contribution in [-0.2, 0) is 6.54 Å². The Bertz CT molecular complexity index is 719. The minimum Gasteiger partial charge on any atom is -0.490 e. The van der Waals surface area contributed by atoms with E-state index in [0.29, 0.717) is 46.9 Å². The first-order valence-electron chi connectivity index (χ1n) is 7.67. The third-order valence-corrected chi connectivity index (χ3v) is 3.78. The fraction of sp³-hybridized carbons (Fsp3) is 0.278. The summed E-state index contributed by atoms with van der Waals surface area (Å²) in [7, 11) is 0. The fourth-order valence-corrected chi connectivity index (χ4v) is 2.65. The predicted molar refractivity (Wildman–Crippen MR) is 96.4 cm³/mol. The Balaban J connectivity index is 2.08. The standard InChI is InChI=1S/C18H19Cl2NO3/c1-3-23-16-8-5-12(9-17(16)24-4-2)11-21-18(22)14-7-6-13(19)10-15(14)20/h5-10H,3-4,11H2,1-2H3,(H,21,22). The summed E-state index contributed by atoms with van der Waals surface area (Å²) in [4.78, 5) is 12.2. The Hall–Kier alpha value is -1.91. The number of ether oxygens (including phenoxy) is 2. The number of carbonyl (C=O) groups excluding carboxylic acids is 1. The number of amides is 1. The molecule has 0 unspecified atom stereocenters. The van der Waals surface area contributed by atoms with E-state index in [9.17, 15) is 4.79 Å². The lowest BCUT2D eigenvalue weighted by Gasteiger charge is -2.13. The van der Waals surface area contributed by atoms with Crippen LogP contribution >= 0.6 is 23.2 Å². The van der Waals surface area contributed by atoms with E-state index in [-0.39, 0.29) is 5.91 Å². The highest BCUT2D eigenvalue weighted by atomic mass is 35.5. The maximum atomic E-state index is 12.2. The van der Waals surface area contributed by atoms with Gasteiger partial charge in [-0.2, -0.15) is 0 Å². The van der Waals surface area contributed by atoms with Gasteiger partial charge in [0.25, 0.3) is 5.91 Å². The number of rotatable bonds is 7. The van der Waals surface area contributed by atoms with E-state index in [4.69, 9.17) is 32.7 Å². The summed E-state index contributed by atoms with van der Waals surface area (Å²) in [5.41, 5.74) is 1.29. The largest absolute Gasteiger partial charge is 0.490 e. The minimum atomic E-state index is -0.261. The van der Waals surface area contributed by atoms with Crippen LogP contribution in [0.2, 0.25) is 10.0 Å². The number of hydrogen-bond acceptors (Lipinski definition) is 3. The van der Waals surface area contributed by atoms with Crippen molar-refractivity contribution in [3.8, 4) is 11.5 Å². The van der Waals surface area contributed by atoms with Crippen LogP contribution in [-0.4, -0.2) is 19.1 Å². The number of nitrogens with one attached hydrogen (secondary N) is 1. The minimum absolute atomic E-state index is 0.261. The van der Waals surface area contributed by atoms with Crippen LogP contribution in [0.4, 0.5) is 0 Å². The molecular weight excluding hydrogens is 349 g/mol. The second-order valence-electron chi connectivity index (χ2n) is 4.95. The first kappa shape index (κ1) is 18.4. The van der Waals surface area contributed by atoms with Crippen LogP contribution in [0, 0.1) is 0 Å². The topological polar surface area (TPSA) is 47.6 Å². The zero-order chi connectivity index (χ0) is 17.5. The lowest BCUT2D eigenvalue weighted by Crippen LogP contribution is -2.23. The zero-order valence-electron chi connectivity index (χ0n) is 13.6. The number of benzene rings is 2. The molecule has 0 spiro atoms. The van der Waals surface area contributed by atoms with Gasteiger partial charge in [0.15, 0.2) is 11.5 Å². The van der Waals surface area contributed by atoms with Crippen molar-refractivity contribution in [3.63, 3.8) is 0 Å². The SMILES string of the molecule is CCOc1ccc(CNC(=O)c2ccc(Cl)cc2Cl)cc1OCC. The Labute approximate surface area is 151 Å². The van der Waals surface area contributed by atoms with Crippen LogP contribution in [0.3, 0.4) is 0 Å². The average Bonchev–Trinajstić information content (AvgIpc) is 2.55. The van der Waals surface area contributed by atoms with Crippen molar-refractivity contribution >= 4 is 29.1 Å². The summed E-state index contributed by atoms with van der Waals surface area (Å²) in [5, 5.41) is 3.64. The summed E-state index contributed by atoms with van der Waals surface area (Å²) in [6.07, 6.45) is 0. The van der Waals surface area contributed by atoms with Crippen molar-refractivity contribution in [2.75, 3.05) is 13.2 Å². The zero-order valence-corrected chi connectivity index (χ0v) is 15.1. The Morgan fingerprint density at radius 3 is 2.38 bits per heavy atom. The first-order valence-corrected chi connectivity index (χ1v) is 8.42. The van der Waals surface area contributed by atoms with Crippen molar-refractivity contribution in [1.82, 2.24) is 5.32 Å². The van der Waals surface area contributed by atoms with Gasteiger partial charge in [-0.05, 0) is 49.7 Å². The molecule has 0 aliphatic carbocycles. The van der Waals surface area contributed by atoms with Crippen LogP contribution in [0.5, 0.6) is 11.5 Å². The summed E-state index contributed by atoms with van der Waals surface area (Å²) >= 11 is 11.9. The average molecular weight is 368 g/mol. The molecule has 1 amide bonds. The third kappa shape index (κ3) is 4.79. The van der Waals surface area contributed by atoms with Crippen LogP contribution in [0.15, 0.2) is 36.4 Å². The molecule has 2 rings (SSSR count). The Morgan fingerprint density at radius 2 is 1.71 bits per heavy atom. The number of halogens is 2. The van der Waals surface area contributed by atoms with Gasteiger partial charge in [0, 0.05) is 11.6 Å². The summed E-state index contributed by atoms with van der Waals surface area (Å²) in [6.45, 7) is 5.28. The molecule has 0 heterocycles. The summed E-state index contributed by atoms with van der Waals surface area (Å²) in [6, 6.07) is 10.4. The lowest BCUT2D eigenvalue weighted by atomic mass is 10.1. The number of carbonyl (C=O) groups is 1. The molecule has 6 heteroatoms. The summed E-state index contributed by atoms with van der Waals surface area (Å²) < 4.78 is 11.1. The molecule has 0 aliphatic heterocycles. The third-order valence-electron chi connectivity index (χ3n) is 3.24. The van der Waals surface area contributed by atoms with Gasteiger partial charge in [0.2, 0.25) is 0 Å². The fourth-order valence-electron chi connectivity index (χ4n) is 2.16. The van der Waals surface area contributed by atoms with Gasteiger partial charge in [0.05, 0.1) is 23.8 Å². The molecule has 0 bridgehead atoms. The number of hydrogen-bond donors (Lipinski definition) is 1. The molecular formula is C18H19Cl2NO3. The molecule has 2 aromatic carbocycles. The smallest absolute Gasteiger partial charge is 0.253 e. The van der Waals surface area contributed by atoms with Crippen molar-refractivity contribution < 1.29 is 14.3 Å². The highest BCUT2D eigenvalue weighted by Crippen LogP contribution is 2.28. The molecule has 0 saturated heterocycles. The Morgan fingerprint density at radius 1 is 1.00 bits per heavy atom. The molecule has 0 saturated carbocycles. The molecule has 0 radical (unpaired) electrons. The van der Waals surface area contributed by atoms with Crippen LogP contribution in [0.1, 0.15) is 29.8 Å². The molecule has 0 atom stereocenters. The first-order chi connectivity index (χ1) is 11.5. The lowest BCUT2D eigenvalue weighted by molar-refractivity contribution is 0.0951. The van der Waals surface area contributed by atoms with Crippen molar-refractivity contribution in [3.05, 3.63) is 57.6 Å². The van der Waals surface area contributed by atoms with Gasteiger partial charge in [-0.3, -0.25) is 4.79 Å². The molecule has 0 fully saturated rings. The van der Waals surface area contributed by atoms with Gasteiger partial charge in [-0.1, -0.05) is 29.3 Å². The van der Waals surface area contributed by atoms with E-state index < -0.39 is 0 Å². The van der Waals surface area contributed by atoms with Crippen molar-refractivity contribution in [2.24, 2.45) is 0 Å². The predicted octanol–water partition coefficient (Wildman–Crippen LogP) is 4.72. The second kappa shape index (κ2) is 8.81. The van der Waals surface area contributed by atoms with E-state index in [1.54, 1.807) is 18.2 Å². The van der Waals surface area contributed by atoms with Crippen LogP contribution < -0.4 is 14.8 Å². The van der Waals surface area contributed by atoms with Gasteiger partial charge in [-0.25, -0.2) is 0 Å². The van der Waals surface area contributed by atoms with Gasteiger partial charge in [-0.15, -0.1) is 0 Å². The highest BCUT2D eigenvalue weighted by molar-refractivity contribution is 6.36. The quantitative estimate of drug-likeness (QED) is 0.769. The monoisotopic (exact) mass is 367 g/mol. The van der Waals surface area contributed by atoms with Gasteiger partial charge in [0.1, 0.15) is 0 Å². The molecule has 2 aromatic rings. The van der Waals surface area contributed by atoms with Gasteiger partial charge < -0.3 is 14.8 Å². The molecule has 0 aromatic heterocycles. The van der Waals surface area contributed by atoms with Gasteiger partial charge >= 0.3 is 0 Å². The van der Waals surface area contributed by atoms with E-state index in [1.807, 2.05) is 32.0 Å². The maximum Gasteiger partial charge on any atom is 0.253 e. The second-order valence-corrected chi connectivity index (χ2v) is 5.80. The molecule has 1 N–H and O–H groups in total. The molecule has 4 nitrogen and oxygen atoms in total. The molecule has 128 valence electrons. The highest BCUT2D eigenvalue weighted by Gasteiger charge is 2.11.